The van der Waals surface area contributed by atoms with Crippen LogP contribution >= 0.6 is 11.6 Å². The summed E-state index contributed by atoms with van der Waals surface area (Å²) in [6.45, 7) is 5.29. The molecule has 2 aromatic rings. The molecule has 2 aromatic carbocycles. The van der Waals surface area contributed by atoms with E-state index in [4.69, 9.17) is 21.1 Å². The SMILES string of the molecule is COc1cccc(C(C(=O)N2CCC(C(C)CC(C)COc3ccc(C(=O)N(C)C)c(Cl)c3)CC2)C(F)(F)F)c1. The number of alkyl halides is 3. The van der Waals surface area contributed by atoms with Gasteiger partial charge in [0, 0.05) is 27.2 Å². The molecule has 0 spiro atoms. The molecule has 0 radical (unpaired) electrons. The van der Waals surface area contributed by atoms with E-state index < -0.39 is 18.0 Å². The standard InChI is InChI=1S/C30H38ClF3N2O4/c1-19(18-40-24-9-10-25(26(31)17-24)28(37)35(3)4)15-20(2)21-11-13-36(14-12-21)29(38)27(30(32,33)34)22-7-6-8-23(16-22)39-5/h6-10,16-17,19-21,27H,11-15,18H2,1-5H3. The lowest BCUT2D eigenvalue weighted by atomic mass is 9.80. The number of nitrogens with zero attached hydrogens (tertiary/aromatic N) is 2. The summed E-state index contributed by atoms with van der Waals surface area (Å²) in [6.07, 6.45) is -2.52. The van der Waals surface area contributed by atoms with Crippen molar-refractivity contribution in [1.29, 1.82) is 0 Å². The third-order valence-corrected chi connectivity index (χ3v) is 7.86. The van der Waals surface area contributed by atoms with Crippen LogP contribution in [0.1, 0.15) is 54.9 Å². The first-order chi connectivity index (χ1) is 18.8. The number of benzene rings is 2. The summed E-state index contributed by atoms with van der Waals surface area (Å²) in [7, 11) is 4.70. The summed E-state index contributed by atoms with van der Waals surface area (Å²) in [6, 6.07) is 10.6. The monoisotopic (exact) mass is 582 g/mol. The lowest BCUT2D eigenvalue weighted by Gasteiger charge is -2.37. The normalized spacial score (nSPS) is 16.7. The lowest BCUT2D eigenvalue weighted by Crippen LogP contribution is -2.45. The zero-order chi connectivity index (χ0) is 29.6. The van der Waals surface area contributed by atoms with Crippen LogP contribution in [0.2, 0.25) is 5.02 Å². The maximum atomic E-state index is 14.0. The first-order valence-corrected chi connectivity index (χ1v) is 13.8. The molecule has 2 amide bonds. The minimum Gasteiger partial charge on any atom is -0.497 e. The van der Waals surface area contributed by atoms with E-state index >= 15 is 0 Å². The average Bonchev–Trinajstić information content (AvgIpc) is 2.91. The van der Waals surface area contributed by atoms with Gasteiger partial charge in [-0.3, -0.25) is 9.59 Å². The number of methoxy groups -OCH3 is 1. The first kappa shape index (κ1) is 31.6. The van der Waals surface area contributed by atoms with Gasteiger partial charge >= 0.3 is 6.18 Å². The van der Waals surface area contributed by atoms with Gasteiger partial charge in [-0.15, -0.1) is 0 Å². The van der Waals surface area contributed by atoms with Gasteiger partial charge in [-0.1, -0.05) is 37.6 Å². The van der Waals surface area contributed by atoms with Gasteiger partial charge in [0.05, 0.1) is 24.3 Å². The minimum absolute atomic E-state index is 0.110. The Balaban J connectivity index is 1.52. The zero-order valence-corrected chi connectivity index (χ0v) is 24.4. The lowest BCUT2D eigenvalue weighted by molar-refractivity contribution is -0.173. The highest BCUT2D eigenvalue weighted by Crippen LogP contribution is 2.39. The van der Waals surface area contributed by atoms with Gasteiger partial charge in [0.25, 0.3) is 5.91 Å². The summed E-state index contributed by atoms with van der Waals surface area (Å²) in [5.41, 5.74) is 0.303. The molecule has 0 aliphatic carbocycles. The summed E-state index contributed by atoms with van der Waals surface area (Å²) < 4.78 is 52.9. The highest BCUT2D eigenvalue weighted by atomic mass is 35.5. The van der Waals surface area contributed by atoms with Crippen molar-refractivity contribution in [1.82, 2.24) is 9.80 Å². The van der Waals surface area contributed by atoms with Crippen molar-refractivity contribution >= 4 is 23.4 Å². The van der Waals surface area contributed by atoms with Crippen molar-refractivity contribution < 1.29 is 32.2 Å². The van der Waals surface area contributed by atoms with Crippen molar-refractivity contribution in [3.63, 3.8) is 0 Å². The van der Waals surface area contributed by atoms with Crippen molar-refractivity contribution in [2.75, 3.05) is 40.9 Å². The van der Waals surface area contributed by atoms with Crippen LogP contribution in [-0.4, -0.2) is 68.7 Å². The van der Waals surface area contributed by atoms with E-state index in [0.717, 1.165) is 6.42 Å². The Kier molecular flexibility index (Phi) is 10.8. The first-order valence-electron chi connectivity index (χ1n) is 13.4. The molecular weight excluding hydrogens is 545 g/mol. The number of rotatable bonds is 10. The largest absolute Gasteiger partial charge is 0.497 e. The fourth-order valence-corrected chi connectivity index (χ4v) is 5.55. The van der Waals surface area contributed by atoms with E-state index in [2.05, 4.69) is 13.8 Å². The molecule has 1 heterocycles. The number of carbonyl (C=O) groups excluding carboxylic acids is 2. The number of likely N-dealkylation sites (tertiary alicyclic amines) is 1. The molecule has 0 bridgehead atoms. The Labute approximate surface area is 239 Å². The fourth-order valence-electron chi connectivity index (χ4n) is 5.30. The van der Waals surface area contributed by atoms with Gasteiger partial charge in [-0.2, -0.15) is 13.2 Å². The topological polar surface area (TPSA) is 59.1 Å². The molecule has 0 N–H and O–H groups in total. The van der Waals surface area contributed by atoms with Crippen molar-refractivity contribution in [3.05, 3.63) is 58.6 Å². The van der Waals surface area contributed by atoms with Crippen LogP contribution in [0.15, 0.2) is 42.5 Å². The molecule has 3 rings (SSSR count). The maximum Gasteiger partial charge on any atom is 0.404 e. The van der Waals surface area contributed by atoms with Gasteiger partial charge in [0.2, 0.25) is 5.91 Å². The molecule has 1 saturated heterocycles. The van der Waals surface area contributed by atoms with E-state index in [1.807, 2.05) is 0 Å². The molecule has 1 fully saturated rings. The summed E-state index contributed by atoms with van der Waals surface area (Å²) in [4.78, 5) is 28.0. The molecule has 3 atom stereocenters. The van der Waals surface area contributed by atoms with E-state index in [1.54, 1.807) is 38.4 Å². The van der Waals surface area contributed by atoms with Gasteiger partial charge in [0.15, 0.2) is 5.92 Å². The number of ether oxygens (including phenoxy) is 2. The van der Waals surface area contributed by atoms with Crippen LogP contribution in [0.3, 0.4) is 0 Å². The molecule has 1 aliphatic heterocycles. The van der Waals surface area contributed by atoms with E-state index in [0.29, 0.717) is 60.7 Å². The van der Waals surface area contributed by atoms with E-state index in [-0.39, 0.29) is 23.1 Å². The molecule has 3 unspecified atom stereocenters. The second kappa shape index (κ2) is 13.6. The molecule has 40 heavy (non-hydrogen) atoms. The van der Waals surface area contributed by atoms with Gasteiger partial charge in [0.1, 0.15) is 11.5 Å². The number of hydrogen-bond donors (Lipinski definition) is 0. The molecular formula is C30H38ClF3N2O4. The number of piperidine rings is 1. The van der Waals surface area contributed by atoms with Gasteiger partial charge in [-0.05, 0) is 72.9 Å². The summed E-state index contributed by atoms with van der Waals surface area (Å²) in [5.74, 6) is -1.59. The quantitative estimate of drug-likeness (QED) is 0.314. The molecule has 1 aliphatic rings. The van der Waals surface area contributed by atoms with Crippen molar-refractivity contribution in [2.45, 2.75) is 45.2 Å². The van der Waals surface area contributed by atoms with Crippen LogP contribution in [0.25, 0.3) is 0 Å². The smallest absolute Gasteiger partial charge is 0.404 e. The Bertz CT molecular complexity index is 1170. The van der Waals surface area contributed by atoms with Crippen molar-refractivity contribution in [3.8, 4) is 11.5 Å². The Morgan fingerprint density at radius 3 is 2.33 bits per heavy atom. The molecule has 10 heteroatoms. The molecule has 6 nitrogen and oxygen atoms in total. The molecule has 220 valence electrons. The Morgan fingerprint density at radius 1 is 1.07 bits per heavy atom. The highest BCUT2D eigenvalue weighted by molar-refractivity contribution is 6.34. The number of carbonyl (C=O) groups is 2. The predicted octanol–water partition coefficient (Wildman–Crippen LogP) is 6.68. The van der Waals surface area contributed by atoms with E-state index in [1.165, 1.54) is 35.1 Å². The minimum atomic E-state index is -4.70. The second-order valence-corrected chi connectivity index (χ2v) is 11.3. The van der Waals surface area contributed by atoms with Crippen LogP contribution < -0.4 is 9.47 Å². The second-order valence-electron chi connectivity index (χ2n) is 10.9. The number of hydrogen-bond acceptors (Lipinski definition) is 4. The number of amides is 2. The third-order valence-electron chi connectivity index (χ3n) is 7.54. The maximum absolute atomic E-state index is 14.0. The molecule has 0 aromatic heterocycles. The predicted molar refractivity (Wildman–Crippen MR) is 149 cm³/mol. The molecule has 0 saturated carbocycles. The van der Waals surface area contributed by atoms with Crippen LogP contribution in [0.4, 0.5) is 13.2 Å². The van der Waals surface area contributed by atoms with Gasteiger partial charge < -0.3 is 19.3 Å². The highest BCUT2D eigenvalue weighted by Gasteiger charge is 2.48. The fraction of sp³-hybridized carbons (Fsp3) is 0.533. The van der Waals surface area contributed by atoms with Crippen molar-refractivity contribution in [2.24, 2.45) is 17.8 Å². The zero-order valence-electron chi connectivity index (χ0n) is 23.6. The van der Waals surface area contributed by atoms with Crippen LogP contribution in [0, 0.1) is 17.8 Å². The third kappa shape index (κ3) is 8.05. The Morgan fingerprint density at radius 2 is 1.75 bits per heavy atom. The summed E-state index contributed by atoms with van der Waals surface area (Å²) >= 11 is 6.27. The Hall–Kier alpha value is -2.94. The van der Waals surface area contributed by atoms with Gasteiger partial charge in [-0.25, -0.2) is 0 Å². The van der Waals surface area contributed by atoms with E-state index in [9.17, 15) is 22.8 Å². The number of halogens is 4. The van der Waals surface area contributed by atoms with Crippen LogP contribution in [-0.2, 0) is 4.79 Å². The summed E-state index contributed by atoms with van der Waals surface area (Å²) in [5, 5.41) is 0.331. The average molecular weight is 583 g/mol. The van der Waals surface area contributed by atoms with Crippen LogP contribution in [0.5, 0.6) is 11.5 Å².